The van der Waals surface area contributed by atoms with Gasteiger partial charge in [-0.2, -0.15) is 0 Å². The summed E-state index contributed by atoms with van der Waals surface area (Å²) in [5, 5.41) is 22.2. The molecule has 0 aromatic heterocycles. The smallest absolute Gasteiger partial charge is 0.276 e. The highest BCUT2D eigenvalue weighted by atomic mass is 16.6. The Hall–Kier alpha value is -3.28. The van der Waals surface area contributed by atoms with Crippen molar-refractivity contribution in [1.29, 1.82) is 0 Å². The highest BCUT2D eigenvalue weighted by Crippen LogP contribution is 2.42. The molecule has 1 aliphatic rings. The van der Waals surface area contributed by atoms with Gasteiger partial charge in [0.05, 0.1) is 29.3 Å². The van der Waals surface area contributed by atoms with Crippen LogP contribution in [0.3, 0.4) is 0 Å². The van der Waals surface area contributed by atoms with Gasteiger partial charge in [-0.3, -0.25) is 10.1 Å². The van der Waals surface area contributed by atoms with Gasteiger partial charge in [0.2, 0.25) is 0 Å². The summed E-state index contributed by atoms with van der Waals surface area (Å²) in [5.74, 6) is 0.135. The van der Waals surface area contributed by atoms with E-state index in [2.05, 4.69) is 12.1 Å². The number of aliphatic hydroxyl groups is 1. The lowest BCUT2D eigenvalue weighted by Gasteiger charge is -2.38. The van der Waals surface area contributed by atoms with Crippen molar-refractivity contribution in [1.82, 2.24) is 0 Å². The Labute approximate surface area is 188 Å². The molecule has 4 rings (SSSR count). The molecule has 0 radical (unpaired) electrons. The Morgan fingerprint density at radius 3 is 2.38 bits per heavy atom. The first-order valence-electron chi connectivity index (χ1n) is 10.9. The standard InChI is InChI=1S/C27H27NO4/c29-26(21-11-3-1-4-12-21)24-18-23(27(32-19-24)22-13-5-2-6-14-22)16-9-15-20-10-7-8-17-25(20)28(30)31/h1-15,17,23-24,26-27,29H,16,18-19H2/b15-9+/t23-,24+,26-,27+/m0/s1. The van der Waals surface area contributed by atoms with Crippen molar-refractivity contribution in [2.45, 2.75) is 25.0 Å². The first-order valence-corrected chi connectivity index (χ1v) is 10.9. The molecule has 1 heterocycles. The van der Waals surface area contributed by atoms with Gasteiger partial charge in [-0.1, -0.05) is 84.9 Å². The van der Waals surface area contributed by atoms with Crippen LogP contribution in [-0.2, 0) is 4.74 Å². The van der Waals surface area contributed by atoms with Gasteiger partial charge in [-0.05, 0) is 36.0 Å². The van der Waals surface area contributed by atoms with Crippen LogP contribution in [-0.4, -0.2) is 16.6 Å². The molecule has 3 aromatic rings. The Balaban J connectivity index is 1.54. The molecule has 0 unspecified atom stereocenters. The van der Waals surface area contributed by atoms with E-state index in [1.54, 1.807) is 18.2 Å². The summed E-state index contributed by atoms with van der Waals surface area (Å²) in [5.41, 5.74) is 2.70. The number of nitrogens with zero attached hydrogens (tertiary/aromatic N) is 1. The van der Waals surface area contributed by atoms with Crippen LogP contribution in [0.5, 0.6) is 0 Å². The minimum absolute atomic E-state index is 0.0122. The van der Waals surface area contributed by atoms with Crippen LogP contribution in [0, 0.1) is 22.0 Å². The van der Waals surface area contributed by atoms with E-state index < -0.39 is 6.10 Å². The molecule has 32 heavy (non-hydrogen) atoms. The predicted molar refractivity (Wildman–Crippen MR) is 125 cm³/mol. The molecule has 0 aliphatic carbocycles. The molecule has 1 saturated heterocycles. The highest BCUT2D eigenvalue weighted by molar-refractivity contribution is 5.60. The van der Waals surface area contributed by atoms with E-state index in [0.717, 1.165) is 17.5 Å². The minimum atomic E-state index is -0.588. The summed E-state index contributed by atoms with van der Waals surface area (Å²) in [4.78, 5) is 10.9. The molecule has 5 heteroatoms. The van der Waals surface area contributed by atoms with E-state index in [-0.39, 0.29) is 28.6 Å². The van der Waals surface area contributed by atoms with Gasteiger partial charge in [0.15, 0.2) is 0 Å². The fraction of sp³-hybridized carbons (Fsp3) is 0.259. The van der Waals surface area contributed by atoms with Crippen LogP contribution in [0.2, 0.25) is 0 Å². The van der Waals surface area contributed by atoms with E-state index in [4.69, 9.17) is 4.74 Å². The molecule has 3 aromatic carbocycles. The second kappa shape index (κ2) is 10.4. The zero-order valence-electron chi connectivity index (χ0n) is 17.8. The Morgan fingerprint density at radius 1 is 1.00 bits per heavy atom. The van der Waals surface area contributed by atoms with Crippen LogP contribution >= 0.6 is 0 Å². The molecule has 164 valence electrons. The molecule has 0 amide bonds. The molecular weight excluding hydrogens is 402 g/mol. The minimum Gasteiger partial charge on any atom is -0.388 e. The van der Waals surface area contributed by atoms with Gasteiger partial charge >= 0.3 is 0 Å². The lowest BCUT2D eigenvalue weighted by atomic mass is 9.79. The quantitative estimate of drug-likeness (QED) is 0.362. The summed E-state index contributed by atoms with van der Waals surface area (Å²) >= 11 is 0. The van der Waals surface area contributed by atoms with Crippen molar-refractivity contribution in [3.05, 3.63) is 118 Å². The van der Waals surface area contributed by atoms with Crippen molar-refractivity contribution in [2.75, 3.05) is 6.61 Å². The van der Waals surface area contributed by atoms with Crippen LogP contribution < -0.4 is 0 Å². The van der Waals surface area contributed by atoms with Gasteiger partial charge < -0.3 is 9.84 Å². The molecule has 4 atom stereocenters. The summed E-state index contributed by atoms with van der Waals surface area (Å²) in [6.07, 6.45) is 4.64. The SMILES string of the molecule is O=[N+]([O-])c1ccccc1/C=C/C[C@H]1C[C@@H]([C@@H](O)c2ccccc2)CO[C@@H]1c1ccccc1. The van der Waals surface area contributed by atoms with Gasteiger partial charge in [0.25, 0.3) is 5.69 Å². The van der Waals surface area contributed by atoms with E-state index in [9.17, 15) is 15.2 Å². The van der Waals surface area contributed by atoms with Crippen molar-refractivity contribution < 1.29 is 14.8 Å². The average molecular weight is 430 g/mol. The van der Waals surface area contributed by atoms with Crippen molar-refractivity contribution in [3.63, 3.8) is 0 Å². The van der Waals surface area contributed by atoms with Crippen molar-refractivity contribution in [3.8, 4) is 0 Å². The van der Waals surface area contributed by atoms with Gasteiger partial charge in [-0.15, -0.1) is 0 Å². The van der Waals surface area contributed by atoms with E-state index in [0.29, 0.717) is 18.6 Å². The highest BCUT2D eigenvalue weighted by Gasteiger charge is 2.35. The van der Waals surface area contributed by atoms with Crippen molar-refractivity contribution >= 4 is 11.8 Å². The van der Waals surface area contributed by atoms with Crippen molar-refractivity contribution in [2.24, 2.45) is 11.8 Å². The number of para-hydroxylation sites is 1. The predicted octanol–water partition coefficient (Wildman–Crippen LogP) is 6.13. The topological polar surface area (TPSA) is 72.6 Å². The van der Waals surface area contributed by atoms with E-state index in [1.807, 2.05) is 60.7 Å². The molecule has 0 bridgehead atoms. The zero-order valence-corrected chi connectivity index (χ0v) is 17.8. The number of allylic oxidation sites excluding steroid dienone is 1. The fourth-order valence-electron chi connectivity index (χ4n) is 4.48. The monoisotopic (exact) mass is 429 g/mol. The molecule has 1 N–H and O–H groups in total. The number of aliphatic hydroxyl groups excluding tert-OH is 1. The maximum atomic E-state index is 11.3. The third-order valence-corrected chi connectivity index (χ3v) is 6.11. The number of hydrogen-bond acceptors (Lipinski definition) is 4. The second-order valence-corrected chi connectivity index (χ2v) is 8.23. The number of ether oxygens (including phenoxy) is 1. The number of rotatable bonds is 7. The molecule has 1 fully saturated rings. The third-order valence-electron chi connectivity index (χ3n) is 6.11. The molecular formula is C27H27NO4. The van der Waals surface area contributed by atoms with Crippen LogP contribution in [0.1, 0.15) is 41.7 Å². The maximum Gasteiger partial charge on any atom is 0.276 e. The zero-order chi connectivity index (χ0) is 22.3. The lowest BCUT2D eigenvalue weighted by molar-refractivity contribution is -0.385. The third kappa shape index (κ3) is 5.13. The second-order valence-electron chi connectivity index (χ2n) is 8.23. The summed E-state index contributed by atoms with van der Waals surface area (Å²) < 4.78 is 6.29. The molecule has 1 aliphatic heterocycles. The Morgan fingerprint density at radius 2 is 1.66 bits per heavy atom. The van der Waals surface area contributed by atoms with Crippen LogP contribution in [0.25, 0.3) is 6.08 Å². The summed E-state index contributed by atoms with van der Waals surface area (Å²) in [7, 11) is 0. The molecule has 0 saturated carbocycles. The summed E-state index contributed by atoms with van der Waals surface area (Å²) in [6.45, 7) is 0.486. The number of nitro benzene ring substituents is 1. The van der Waals surface area contributed by atoms with Gasteiger partial charge in [0.1, 0.15) is 0 Å². The lowest BCUT2D eigenvalue weighted by Crippen LogP contribution is -2.32. The van der Waals surface area contributed by atoms with E-state index >= 15 is 0 Å². The Bertz CT molecular complexity index is 1050. The fourth-order valence-corrected chi connectivity index (χ4v) is 4.48. The van der Waals surface area contributed by atoms with E-state index in [1.165, 1.54) is 6.07 Å². The number of hydrogen-bond donors (Lipinski definition) is 1. The normalized spacial score (nSPS) is 22.0. The largest absolute Gasteiger partial charge is 0.388 e. The van der Waals surface area contributed by atoms with Gasteiger partial charge in [-0.25, -0.2) is 0 Å². The summed E-state index contributed by atoms with van der Waals surface area (Å²) in [6, 6.07) is 26.6. The molecule has 5 nitrogen and oxygen atoms in total. The first-order chi connectivity index (χ1) is 15.6. The van der Waals surface area contributed by atoms with Crippen LogP contribution in [0.4, 0.5) is 5.69 Å². The Kier molecular flexibility index (Phi) is 7.10. The number of nitro groups is 1. The molecule has 0 spiro atoms. The van der Waals surface area contributed by atoms with Crippen LogP contribution in [0.15, 0.2) is 91.0 Å². The number of benzene rings is 3. The first kappa shape index (κ1) is 21.9. The average Bonchev–Trinajstić information content (AvgIpc) is 2.85. The maximum absolute atomic E-state index is 11.3. The van der Waals surface area contributed by atoms with Gasteiger partial charge in [0, 0.05) is 12.0 Å².